The summed E-state index contributed by atoms with van der Waals surface area (Å²) in [5, 5.41) is 0. The van der Waals surface area contributed by atoms with Crippen molar-refractivity contribution in [3.8, 4) is 0 Å². The Balaban J connectivity index is 0.000000371. The second kappa shape index (κ2) is 13.3. The highest BCUT2D eigenvalue weighted by molar-refractivity contribution is 5.81. The number of rotatable bonds is 4. The molecule has 2 heterocycles. The molecule has 2 aliphatic carbocycles. The lowest BCUT2D eigenvalue weighted by molar-refractivity contribution is -0.155. The van der Waals surface area contributed by atoms with Gasteiger partial charge in [0.15, 0.2) is 0 Å². The van der Waals surface area contributed by atoms with Gasteiger partial charge in [-0.2, -0.15) is 0 Å². The second-order valence-electron chi connectivity index (χ2n) is 16.6. The van der Waals surface area contributed by atoms with E-state index in [2.05, 4.69) is 79.0 Å². The largest absolute Gasteiger partial charge is 0.342 e. The summed E-state index contributed by atoms with van der Waals surface area (Å²) in [6.07, 6.45) is 10.8. The maximum Gasteiger partial charge on any atom is 0.226 e. The first kappa shape index (κ1) is 36.0. The van der Waals surface area contributed by atoms with Gasteiger partial charge in [0, 0.05) is 38.0 Å². The number of amides is 2. The molecule has 0 aromatic rings. The third-order valence-corrected chi connectivity index (χ3v) is 10.3. The molecule has 0 radical (unpaired) electrons. The maximum atomic E-state index is 12.6. The van der Waals surface area contributed by atoms with E-state index in [1.54, 1.807) is 0 Å². The second-order valence-corrected chi connectivity index (χ2v) is 16.6. The summed E-state index contributed by atoms with van der Waals surface area (Å²) in [5.74, 6) is 2.86. The molecule has 4 atom stereocenters. The fourth-order valence-corrected chi connectivity index (χ4v) is 7.53. The molecule has 2 saturated heterocycles. The summed E-state index contributed by atoms with van der Waals surface area (Å²) in [6, 6.07) is 0. The van der Waals surface area contributed by atoms with Gasteiger partial charge >= 0.3 is 0 Å². The Labute approximate surface area is 244 Å². The molecule has 4 aliphatic rings. The van der Waals surface area contributed by atoms with Crippen LogP contribution >= 0.6 is 0 Å². The zero-order chi connectivity index (χ0) is 27.8. The lowest BCUT2D eigenvalue weighted by Crippen LogP contribution is -2.54. The van der Waals surface area contributed by atoms with Crippen molar-refractivity contribution in [2.75, 3.05) is 26.2 Å². The van der Waals surface area contributed by atoms with E-state index in [-0.39, 0.29) is 37.5 Å². The predicted octanol–water partition coefficient (Wildman–Crippen LogP) is 9.08. The van der Waals surface area contributed by atoms with Crippen LogP contribution in [0.25, 0.3) is 0 Å². The van der Waals surface area contributed by atoms with Crippen molar-refractivity contribution in [3.05, 3.63) is 0 Å². The number of carbonyl (C=O) groups is 2. The number of hydrogen-bond acceptors (Lipinski definition) is 2. The molecule has 2 aliphatic heterocycles. The minimum absolute atomic E-state index is 0. The first-order valence-electron chi connectivity index (χ1n) is 15.5. The van der Waals surface area contributed by atoms with Crippen LogP contribution in [0.2, 0.25) is 0 Å². The van der Waals surface area contributed by atoms with E-state index >= 15 is 0 Å². The van der Waals surface area contributed by atoms with Crippen LogP contribution in [-0.2, 0) is 9.59 Å². The summed E-state index contributed by atoms with van der Waals surface area (Å²) >= 11 is 0. The van der Waals surface area contributed by atoms with Crippen LogP contribution < -0.4 is 0 Å². The van der Waals surface area contributed by atoms with Gasteiger partial charge in [0.2, 0.25) is 11.8 Å². The van der Waals surface area contributed by atoms with Gasteiger partial charge in [0.05, 0.1) is 0 Å². The quantitative estimate of drug-likeness (QED) is 0.351. The van der Waals surface area contributed by atoms with Crippen LogP contribution in [0.4, 0.5) is 0 Å². The summed E-state index contributed by atoms with van der Waals surface area (Å²) in [4.78, 5) is 29.3. The Bertz CT molecular complexity index is 788. The summed E-state index contributed by atoms with van der Waals surface area (Å²) < 4.78 is 0. The van der Waals surface area contributed by atoms with E-state index in [9.17, 15) is 9.59 Å². The standard InChI is InChI=1S/C17H31NO.C16H29NO.2CH4/c1-16(2,3)12-13-11-14(17(13,4)5)15(19)18-9-7-6-8-10-18;1-15(2,3)11-12-10-13(16(12,4)5)14(18)17-8-6-7-9-17;;/h13-14H,6-12H2,1-5H3;12-13H,6-11H2,1-5H3;2*1H4/t13?,14-;12?,13-;;/m11../s1. The van der Waals surface area contributed by atoms with E-state index in [4.69, 9.17) is 0 Å². The van der Waals surface area contributed by atoms with Crippen LogP contribution in [0.3, 0.4) is 0 Å². The first-order valence-corrected chi connectivity index (χ1v) is 15.5. The Morgan fingerprint density at radius 1 is 0.590 bits per heavy atom. The summed E-state index contributed by atoms with van der Waals surface area (Å²) in [7, 11) is 0. The highest BCUT2D eigenvalue weighted by Gasteiger charge is 2.54. The monoisotopic (exact) mass is 549 g/mol. The van der Waals surface area contributed by atoms with Crippen LogP contribution in [0, 0.1) is 45.3 Å². The van der Waals surface area contributed by atoms with Crippen molar-refractivity contribution < 1.29 is 9.59 Å². The maximum absolute atomic E-state index is 12.6. The van der Waals surface area contributed by atoms with Crippen molar-refractivity contribution in [1.82, 2.24) is 9.80 Å². The van der Waals surface area contributed by atoms with Crippen molar-refractivity contribution >= 4 is 11.8 Å². The van der Waals surface area contributed by atoms with Gasteiger partial charge in [-0.25, -0.2) is 0 Å². The van der Waals surface area contributed by atoms with E-state index in [0.29, 0.717) is 34.5 Å². The van der Waals surface area contributed by atoms with Gasteiger partial charge in [-0.1, -0.05) is 84.1 Å². The molecule has 4 rings (SSSR count). The fourth-order valence-electron chi connectivity index (χ4n) is 7.53. The molecule has 4 heteroatoms. The predicted molar refractivity (Wildman–Crippen MR) is 169 cm³/mol. The van der Waals surface area contributed by atoms with Crippen LogP contribution in [0.15, 0.2) is 0 Å². The zero-order valence-electron chi connectivity index (χ0n) is 26.2. The molecule has 39 heavy (non-hydrogen) atoms. The SMILES string of the molecule is C.C.CC(C)(C)CC1C[C@H](C(=O)N2CCCC2)C1(C)C.CC(C)(C)CC1C[C@H](C(=O)N2CCCCC2)C1(C)C. The third-order valence-electron chi connectivity index (χ3n) is 10.3. The number of hydrogen-bond donors (Lipinski definition) is 0. The van der Waals surface area contributed by atoms with Gasteiger partial charge in [-0.05, 0) is 91.3 Å². The van der Waals surface area contributed by atoms with Gasteiger partial charge in [-0.15, -0.1) is 0 Å². The molecule has 2 saturated carbocycles. The van der Waals surface area contributed by atoms with Crippen LogP contribution in [0.1, 0.15) is 142 Å². The van der Waals surface area contributed by atoms with Gasteiger partial charge < -0.3 is 9.80 Å². The number of likely N-dealkylation sites (tertiary alicyclic amines) is 2. The number of nitrogens with zero attached hydrogens (tertiary/aromatic N) is 2. The van der Waals surface area contributed by atoms with E-state index in [1.165, 1.54) is 44.9 Å². The Kier molecular flexibility index (Phi) is 12.2. The van der Waals surface area contributed by atoms with Gasteiger partial charge in [-0.3, -0.25) is 9.59 Å². The van der Waals surface area contributed by atoms with Crippen molar-refractivity contribution in [1.29, 1.82) is 0 Å². The van der Waals surface area contributed by atoms with E-state index < -0.39 is 0 Å². The average molecular weight is 549 g/mol. The minimum Gasteiger partial charge on any atom is -0.342 e. The molecule has 4 fully saturated rings. The Morgan fingerprint density at radius 3 is 1.13 bits per heavy atom. The fraction of sp³-hybridized carbons (Fsp3) is 0.943. The highest BCUT2D eigenvalue weighted by Crippen LogP contribution is 2.57. The lowest BCUT2D eigenvalue weighted by Gasteiger charge is -2.54. The molecule has 0 spiro atoms. The smallest absolute Gasteiger partial charge is 0.226 e. The van der Waals surface area contributed by atoms with Gasteiger partial charge in [0.1, 0.15) is 0 Å². The lowest BCUT2D eigenvalue weighted by atomic mass is 9.51. The number of carbonyl (C=O) groups excluding carboxylic acids is 2. The number of piperidine rings is 1. The Morgan fingerprint density at radius 2 is 0.872 bits per heavy atom. The highest BCUT2D eigenvalue weighted by atomic mass is 16.2. The van der Waals surface area contributed by atoms with Gasteiger partial charge in [0.25, 0.3) is 0 Å². The molecule has 0 aromatic heterocycles. The first-order chi connectivity index (χ1) is 16.9. The topological polar surface area (TPSA) is 40.6 Å². The molecule has 0 bridgehead atoms. The zero-order valence-corrected chi connectivity index (χ0v) is 26.2. The summed E-state index contributed by atoms with van der Waals surface area (Å²) in [5.41, 5.74) is 1.15. The minimum atomic E-state index is 0. The normalized spacial score (nSPS) is 29.5. The van der Waals surface area contributed by atoms with Crippen LogP contribution in [-0.4, -0.2) is 47.8 Å². The molecule has 4 nitrogen and oxygen atoms in total. The van der Waals surface area contributed by atoms with E-state index in [1.807, 2.05) is 0 Å². The third kappa shape index (κ3) is 8.71. The van der Waals surface area contributed by atoms with Crippen molar-refractivity contribution in [2.24, 2.45) is 45.3 Å². The molecule has 0 aromatic carbocycles. The summed E-state index contributed by atoms with van der Waals surface area (Å²) in [6.45, 7) is 27.0. The Hall–Kier alpha value is -1.06. The molecular weight excluding hydrogens is 480 g/mol. The molecule has 230 valence electrons. The molecule has 2 amide bonds. The van der Waals surface area contributed by atoms with E-state index in [0.717, 1.165) is 39.0 Å². The van der Waals surface area contributed by atoms with Crippen molar-refractivity contribution in [3.63, 3.8) is 0 Å². The molecular formula is C35H68N2O2. The average Bonchev–Trinajstić information content (AvgIpc) is 3.33. The van der Waals surface area contributed by atoms with Crippen LogP contribution in [0.5, 0.6) is 0 Å². The molecule has 0 N–H and O–H groups in total. The van der Waals surface area contributed by atoms with Crippen molar-refractivity contribution in [2.45, 2.75) is 142 Å². The molecule has 2 unspecified atom stereocenters.